The first kappa shape index (κ1) is 13.9. The molecule has 0 spiro atoms. The van der Waals surface area contributed by atoms with Crippen molar-refractivity contribution in [3.05, 3.63) is 34.2 Å². The maximum atomic E-state index is 12.3. The SMILES string of the molecule is CC1(C)CC(n2c(=O)[nH]c3cccc(C(=O)O)c32)CCO1. The van der Waals surface area contributed by atoms with Crippen LogP contribution in [0.5, 0.6) is 0 Å². The molecular formula is C15H18N2O4. The summed E-state index contributed by atoms with van der Waals surface area (Å²) in [5, 5.41) is 9.36. The fourth-order valence-electron chi connectivity index (χ4n) is 3.12. The Bertz CT molecular complexity index is 757. The average molecular weight is 290 g/mol. The lowest BCUT2D eigenvalue weighted by molar-refractivity contribution is -0.0689. The van der Waals surface area contributed by atoms with Crippen LogP contribution in [-0.2, 0) is 4.74 Å². The summed E-state index contributed by atoms with van der Waals surface area (Å²) in [6, 6.07) is 4.83. The normalized spacial score (nSPS) is 21.5. The number of para-hydroxylation sites is 1. The molecule has 1 atom stereocenters. The number of hydrogen-bond donors (Lipinski definition) is 2. The number of carbonyl (C=O) groups is 1. The predicted octanol–water partition coefficient (Wildman–Crippen LogP) is 2.16. The lowest BCUT2D eigenvalue weighted by atomic mass is 9.93. The number of fused-ring (bicyclic) bond motifs is 1. The molecule has 6 nitrogen and oxygen atoms in total. The summed E-state index contributed by atoms with van der Waals surface area (Å²) in [5.41, 5.74) is 0.600. The van der Waals surface area contributed by atoms with Crippen molar-refractivity contribution in [2.24, 2.45) is 0 Å². The standard InChI is InChI=1S/C15H18N2O4/c1-15(2)8-9(6-7-21-15)17-12-10(13(18)19)4-3-5-11(12)16-14(17)20/h3-5,9H,6-8H2,1-2H3,(H,16,20)(H,18,19). The third-order valence-electron chi connectivity index (χ3n) is 4.00. The molecule has 0 aliphatic carbocycles. The Balaban J connectivity index is 2.20. The highest BCUT2D eigenvalue weighted by Gasteiger charge is 2.32. The summed E-state index contributed by atoms with van der Waals surface area (Å²) in [6.45, 7) is 4.53. The molecule has 1 aromatic carbocycles. The zero-order chi connectivity index (χ0) is 15.2. The smallest absolute Gasteiger partial charge is 0.337 e. The van der Waals surface area contributed by atoms with E-state index in [1.807, 2.05) is 13.8 Å². The molecule has 2 N–H and O–H groups in total. The van der Waals surface area contributed by atoms with E-state index >= 15 is 0 Å². The van der Waals surface area contributed by atoms with Crippen LogP contribution in [0.4, 0.5) is 0 Å². The molecule has 0 bridgehead atoms. The van der Waals surface area contributed by atoms with Gasteiger partial charge in [0.1, 0.15) is 0 Å². The van der Waals surface area contributed by atoms with E-state index in [1.165, 1.54) is 6.07 Å². The monoisotopic (exact) mass is 290 g/mol. The maximum Gasteiger partial charge on any atom is 0.337 e. The number of H-pyrrole nitrogens is 1. The van der Waals surface area contributed by atoms with E-state index < -0.39 is 5.97 Å². The fraction of sp³-hybridized carbons (Fsp3) is 0.467. The first-order chi connectivity index (χ1) is 9.89. The first-order valence-corrected chi connectivity index (χ1v) is 6.99. The number of aromatic carboxylic acids is 1. The van der Waals surface area contributed by atoms with Gasteiger partial charge in [-0.1, -0.05) is 6.07 Å². The number of benzene rings is 1. The van der Waals surface area contributed by atoms with Crippen LogP contribution in [0.3, 0.4) is 0 Å². The van der Waals surface area contributed by atoms with Crippen molar-refractivity contribution >= 4 is 17.0 Å². The summed E-state index contributed by atoms with van der Waals surface area (Å²) in [6.07, 6.45) is 1.37. The molecule has 21 heavy (non-hydrogen) atoms. The van der Waals surface area contributed by atoms with Gasteiger partial charge in [-0.25, -0.2) is 9.59 Å². The van der Waals surface area contributed by atoms with Gasteiger partial charge in [0.15, 0.2) is 0 Å². The number of ether oxygens (including phenoxy) is 1. The minimum absolute atomic E-state index is 0.0597. The Morgan fingerprint density at radius 3 is 2.90 bits per heavy atom. The molecule has 0 radical (unpaired) electrons. The third-order valence-corrected chi connectivity index (χ3v) is 4.00. The molecule has 112 valence electrons. The zero-order valence-electron chi connectivity index (χ0n) is 12.0. The number of carboxylic acid groups (broad SMARTS) is 1. The first-order valence-electron chi connectivity index (χ1n) is 6.99. The topological polar surface area (TPSA) is 84.3 Å². The molecule has 1 unspecified atom stereocenters. The van der Waals surface area contributed by atoms with Gasteiger partial charge in [0.2, 0.25) is 0 Å². The van der Waals surface area contributed by atoms with E-state index in [0.717, 1.165) is 0 Å². The van der Waals surface area contributed by atoms with Crippen molar-refractivity contribution in [2.45, 2.75) is 38.3 Å². The summed E-state index contributed by atoms with van der Waals surface area (Å²) >= 11 is 0. The second-order valence-electron chi connectivity index (χ2n) is 6.06. The lowest BCUT2D eigenvalue weighted by Gasteiger charge is -2.36. The quantitative estimate of drug-likeness (QED) is 0.887. The lowest BCUT2D eigenvalue weighted by Crippen LogP contribution is -2.37. The van der Waals surface area contributed by atoms with Crippen LogP contribution in [0.25, 0.3) is 11.0 Å². The van der Waals surface area contributed by atoms with Gasteiger partial charge in [0, 0.05) is 12.6 Å². The van der Waals surface area contributed by atoms with Crippen LogP contribution >= 0.6 is 0 Å². The van der Waals surface area contributed by atoms with Crippen molar-refractivity contribution in [1.29, 1.82) is 0 Å². The van der Waals surface area contributed by atoms with Crippen LogP contribution < -0.4 is 5.69 Å². The minimum atomic E-state index is -1.03. The van der Waals surface area contributed by atoms with E-state index in [9.17, 15) is 14.7 Å². The van der Waals surface area contributed by atoms with Gasteiger partial charge in [0.05, 0.1) is 22.2 Å². The molecule has 3 rings (SSSR count). The van der Waals surface area contributed by atoms with Crippen molar-refractivity contribution in [1.82, 2.24) is 9.55 Å². The highest BCUT2D eigenvalue weighted by Crippen LogP contribution is 2.33. The molecular weight excluding hydrogens is 272 g/mol. The summed E-state index contributed by atoms with van der Waals surface area (Å²) < 4.78 is 7.27. The molecule has 6 heteroatoms. The van der Waals surface area contributed by atoms with Gasteiger partial charge in [-0.05, 0) is 38.8 Å². The summed E-state index contributed by atoms with van der Waals surface area (Å²) in [7, 11) is 0. The predicted molar refractivity (Wildman–Crippen MR) is 77.8 cm³/mol. The van der Waals surface area contributed by atoms with Crippen LogP contribution in [-0.4, -0.2) is 32.8 Å². The minimum Gasteiger partial charge on any atom is -0.478 e. The van der Waals surface area contributed by atoms with Crippen molar-refractivity contribution in [2.75, 3.05) is 6.61 Å². The Morgan fingerprint density at radius 2 is 2.24 bits per heavy atom. The summed E-state index contributed by atoms with van der Waals surface area (Å²) in [5.74, 6) is -1.03. The highest BCUT2D eigenvalue weighted by molar-refractivity contribution is 6.01. The van der Waals surface area contributed by atoms with Gasteiger partial charge < -0.3 is 14.8 Å². The van der Waals surface area contributed by atoms with Gasteiger partial charge in [0.25, 0.3) is 0 Å². The van der Waals surface area contributed by atoms with Crippen LogP contribution in [0.1, 0.15) is 43.1 Å². The van der Waals surface area contributed by atoms with E-state index in [-0.39, 0.29) is 22.9 Å². The number of aromatic nitrogens is 2. The molecule has 2 aromatic rings. The fourth-order valence-corrected chi connectivity index (χ4v) is 3.12. The maximum absolute atomic E-state index is 12.3. The molecule has 1 aromatic heterocycles. The Hall–Kier alpha value is -2.08. The molecule has 0 amide bonds. The zero-order valence-corrected chi connectivity index (χ0v) is 12.0. The molecule has 1 aliphatic rings. The van der Waals surface area contributed by atoms with E-state index in [2.05, 4.69) is 4.98 Å². The largest absolute Gasteiger partial charge is 0.478 e. The van der Waals surface area contributed by atoms with Gasteiger partial charge in [-0.15, -0.1) is 0 Å². The number of hydrogen-bond acceptors (Lipinski definition) is 3. The van der Waals surface area contributed by atoms with Crippen LogP contribution in [0.15, 0.2) is 23.0 Å². The van der Waals surface area contributed by atoms with Crippen molar-refractivity contribution < 1.29 is 14.6 Å². The molecule has 1 fully saturated rings. The molecule has 1 aliphatic heterocycles. The number of carboxylic acids is 1. The second kappa shape index (κ2) is 4.73. The Labute approximate surface area is 121 Å². The Kier molecular flexibility index (Phi) is 3.13. The molecule has 1 saturated heterocycles. The van der Waals surface area contributed by atoms with Crippen LogP contribution in [0.2, 0.25) is 0 Å². The highest BCUT2D eigenvalue weighted by atomic mass is 16.5. The number of imidazole rings is 1. The van der Waals surface area contributed by atoms with Crippen molar-refractivity contribution in [3.63, 3.8) is 0 Å². The van der Waals surface area contributed by atoms with Crippen LogP contribution in [0, 0.1) is 0 Å². The van der Waals surface area contributed by atoms with E-state index in [4.69, 9.17) is 4.74 Å². The molecule has 0 saturated carbocycles. The van der Waals surface area contributed by atoms with E-state index in [0.29, 0.717) is 30.5 Å². The van der Waals surface area contributed by atoms with E-state index in [1.54, 1.807) is 16.7 Å². The number of nitrogens with one attached hydrogen (secondary N) is 1. The average Bonchev–Trinajstić information content (AvgIpc) is 2.72. The second-order valence-corrected chi connectivity index (χ2v) is 6.06. The molecule has 2 heterocycles. The third kappa shape index (κ3) is 2.35. The number of aromatic amines is 1. The summed E-state index contributed by atoms with van der Waals surface area (Å²) in [4.78, 5) is 26.5. The van der Waals surface area contributed by atoms with Gasteiger partial charge in [-0.2, -0.15) is 0 Å². The number of nitrogens with zero attached hydrogens (tertiary/aromatic N) is 1. The number of rotatable bonds is 2. The Morgan fingerprint density at radius 1 is 1.48 bits per heavy atom. The van der Waals surface area contributed by atoms with Gasteiger partial charge >= 0.3 is 11.7 Å². The van der Waals surface area contributed by atoms with Gasteiger partial charge in [-0.3, -0.25) is 4.57 Å². The van der Waals surface area contributed by atoms with Crippen molar-refractivity contribution in [3.8, 4) is 0 Å².